The standard InChI is InChI=1S/C22H20N4O2S2/c1-2-28-20(27)17-13-29-22(25-17)26-11-5-6-14-12-15(9-10-18(14)26)23-21-24-16-7-3-4-8-19(16)30-21/h3-4,7-10,12-13H,2,5-6,11H2,1H3,(H,23,24). The molecule has 3 heterocycles. The Hall–Kier alpha value is -2.97. The van der Waals surface area contributed by atoms with Crippen LogP contribution < -0.4 is 10.2 Å². The summed E-state index contributed by atoms with van der Waals surface area (Å²) in [6.45, 7) is 3.03. The summed E-state index contributed by atoms with van der Waals surface area (Å²) in [5.41, 5.74) is 4.82. The number of hydrogen-bond donors (Lipinski definition) is 1. The van der Waals surface area contributed by atoms with E-state index in [4.69, 9.17) is 4.74 Å². The van der Waals surface area contributed by atoms with E-state index in [1.807, 2.05) is 18.2 Å². The summed E-state index contributed by atoms with van der Waals surface area (Å²) in [4.78, 5) is 23.3. The quantitative estimate of drug-likeness (QED) is 0.401. The highest BCUT2D eigenvalue weighted by Crippen LogP contribution is 2.37. The van der Waals surface area contributed by atoms with Gasteiger partial charge < -0.3 is 15.0 Å². The van der Waals surface area contributed by atoms with Gasteiger partial charge in [-0.3, -0.25) is 0 Å². The van der Waals surface area contributed by atoms with Crippen molar-refractivity contribution in [2.75, 3.05) is 23.4 Å². The summed E-state index contributed by atoms with van der Waals surface area (Å²) in [5.74, 6) is -0.368. The average Bonchev–Trinajstić information content (AvgIpc) is 3.40. The van der Waals surface area contributed by atoms with Crippen LogP contribution in [0.15, 0.2) is 47.8 Å². The number of para-hydroxylation sites is 1. The minimum atomic E-state index is -0.368. The minimum Gasteiger partial charge on any atom is -0.461 e. The first kappa shape index (κ1) is 19.0. The van der Waals surface area contributed by atoms with Crippen LogP contribution in [0.25, 0.3) is 10.2 Å². The van der Waals surface area contributed by atoms with Crippen LogP contribution in [0.1, 0.15) is 29.4 Å². The van der Waals surface area contributed by atoms with Crippen molar-refractivity contribution in [1.82, 2.24) is 9.97 Å². The van der Waals surface area contributed by atoms with Crippen molar-refractivity contribution in [3.8, 4) is 0 Å². The van der Waals surface area contributed by atoms with Crippen LogP contribution in [0.3, 0.4) is 0 Å². The summed E-state index contributed by atoms with van der Waals surface area (Å²) in [5, 5.41) is 6.93. The van der Waals surface area contributed by atoms with Gasteiger partial charge in [-0.2, -0.15) is 0 Å². The Bertz CT molecular complexity index is 1180. The van der Waals surface area contributed by atoms with E-state index < -0.39 is 0 Å². The molecule has 0 spiro atoms. The van der Waals surface area contributed by atoms with Crippen molar-refractivity contribution in [1.29, 1.82) is 0 Å². The molecule has 4 aromatic rings. The monoisotopic (exact) mass is 436 g/mol. The molecule has 0 amide bonds. The van der Waals surface area contributed by atoms with Gasteiger partial charge in [0.25, 0.3) is 0 Å². The molecular weight excluding hydrogens is 416 g/mol. The first-order chi connectivity index (χ1) is 14.7. The van der Waals surface area contributed by atoms with Gasteiger partial charge in [0, 0.05) is 23.3 Å². The molecule has 2 aromatic heterocycles. The molecule has 0 radical (unpaired) electrons. The van der Waals surface area contributed by atoms with Gasteiger partial charge in [-0.25, -0.2) is 14.8 Å². The number of fused-ring (bicyclic) bond motifs is 2. The lowest BCUT2D eigenvalue weighted by Crippen LogP contribution is -2.24. The van der Waals surface area contributed by atoms with E-state index in [0.717, 1.165) is 46.5 Å². The van der Waals surface area contributed by atoms with Gasteiger partial charge in [0.1, 0.15) is 0 Å². The zero-order chi connectivity index (χ0) is 20.5. The van der Waals surface area contributed by atoms with Crippen LogP contribution >= 0.6 is 22.7 Å². The number of aromatic nitrogens is 2. The molecule has 5 rings (SSSR count). The van der Waals surface area contributed by atoms with Crippen LogP contribution in [-0.4, -0.2) is 29.1 Å². The summed E-state index contributed by atoms with van der Waals surface area (Å²) in [6.07, 6.45) is 2.04. The number of rotatable bonds is 5. The van der Waals surface area contributed by atoms with Crippen LogP contribution in [0.4, 0.5) is 21.6 Å². The van der Waals surface area contributed by atoms with E-state index in [0.29, 0.717) is 12.3 Å². The Morgan fingerprint density at radius 2 is 2.13 bits per heavy atom. The van der Waals surface area contributed by atoms with Crippen molar-refractivity contribution in [3.05, 3.63) is 59.1 Å². The highest BCUT2D eigenvalue weighted by molar-refractivity contribution is 7.22. The van der Waals surface area contributed by atoms with E-state index in [9.17, 15) is 4.79 Å². The van der Waals surface area contributed by atoms with Gasteiger partial charge in [0.2, 0.25) is 0 Å². The van der Waals surface area contributed by atoms with Crippen molar-refractivity contribution in [3.63, 3.8) is 0 Å². The molecule has 2 aromatic carbocycles. The van der Waals surface area contributed by atoms with Crippen LogP contribution in [-0.2, 0) is 11.2 Å². The highest BCUT2D eigenvalue weighted by Gasteiger charge is 2.22. The maximum absolute atomic E-state index is 12.0. The van der Waals surface area contributed by atoms with Gasteiger partial charge >= 0.3 is 5.97 Å². The Labute approximate surface area is 182 Å². The van der Waals surface area contributed by atoms with E-state index in [2.05, 4.69) is 44.5 Å². The average molecular weight is 437 g/mol. The van der Waals surface area contributed by atoms with Crippen LogP contribution in [0.2, 0.25) is 0 Å². The zero-order valence-corrected chi connectivity index (χ0v) is 18.1. The third-order valence-corrected chi connectivity index (χ3v) is 6.77. The largest absolute Gasteiger partial charge is 0.461 e. The van der Waals surface area contributed by atoms with Gasteiger partial charge in [0.15, 0.2) is 16.0 Å². The summed E-state index contributed by atoms with van der Waals surface area (Å²) in [7, 11) is 0. The molecule has 152 valence electrons. The molecule has 0 saturated heterocycles. The molecular formula is C22H20N4O2S2. The molecule has 30 heavy (non-hydrogen) atoms. The van der Waals surface area contributed by atoms with Crippen molar-refractivity contribution >= 4 is 60.5 Å². The lowest BCUT2D eigenvalue weighted by Gasteiger charge is -2.29. The summed E-state index contributed by atoms with van der Waals surface area (Å²) in [6, 6.07) is 14.5. The first-order valence-corrected chi connectivity index (χ1v) is 11.6. The SMILES string of the molecule is CCOC(=O)c1csc(N2CCCc3cc(Nc4nc5ccccc5s4)ccc32)n1. The number of esters is 1. The molecule has 0 atom stereocenters. The summed E-state index contributed by atoms with van der Waals surface area (Å²) < 4.78 is 6.24. The maximum atomic E-state index is 12.0. The third kappa shape index (κ3) is 3.64. The van der Waals surface area contributed by atoms with E-state index in [1.54, 1.807) is 23.6 Å². The molecule has 6 nitrogen and oxygen atoms in total. The van der Waals surface area contributed by atoms with E-state index >= 15 is 0 Å². The number of aryl methyl sites for hydroxylation is 1. The third-order valence-electron chi connectivity index (χ3n) is 4.95. The fourth-order valence-corrected chi connectivity index (χ4v) is 5.33. The molecule has 1 aliphatic heterocycles. The predicted molar refractivity (Wildman–Crippen MR) is 123 cm³/mol. The van der Waals surface area contributed by atoms with Gasteiger partial charge in [0.05, 0.1) is 16.8 Å². The zero-order valence-electron chi connectivity index (χ0n) is 16.4. The Morgan fingerprint density at radius 3 is 3.00 bits per heavy atom. The predicted octanol–water partition coefficient (Wildman–Crippen LogP) is 5.76. The molecule has 0 bridgehead atoms. The van der Waals surface area contributed by atoms with Gasteiger partial charge in [-0.15, -0.1) is 11.3 Å². The number of nitrogens with one attached hydrogen (secondary N) is 1. The second-order valence-corrected chi connectivity index (χ2v) is 8.81. The van der Waals surface area contributed by atoms with Crippen LogP contribution in [0.5, 0.6) is 0 Å². The fourth-order valence-electron chi connectivity index (χ4n) is 3.61. The van der Waals surface area contributed by atoms with Crippen molar-refractivity contribution < 1.29 is 9.53 Å². The molecule has 8 heteroatoms. The minimum absolute atomic E-state index is 0.350. The number of hydrogen-bond acceptors (Lipinski definition) is 8. The van der Waals surface area contributed by atoms with Crippen LogP contribution in [0, 0.1) is 0 Å². The number of carbonyl (C=O) groups excluding carboxylic acids is 1. The molecule has 0 aliphatic carbocycles. The van der Waals surface area contributed by atoms with Crippen molar-refractivity contribution in [2.45, 2.75) is 19.8 Å². The second-order valence-electron chi connectivity index (χ2n) is 6.95. The Morgan fingerprint density at radius 1 is 1.23 bits per heavy atom. The normalized spacial score (nSPS) is 13.3. The van der Waals surface area contributed by atoms with Gasteiger partial charge in [-0.1, -0.05) is 23.5 Å². The van der Waals surface area contributed by atoms with Gasteiger partial charge in [-0.05, 0) is 55.7 Å². The Kier molecular flexibility index (Phi) is 5.10. The maximum Gasteiger partial charge on any atom is 0.357 e. The highest BCUT2D eigenvalue weighted by atomic mass is 32.1. The smallest absolute Gasteiger partial charge is 0.357 e. The van der Waals surface area contributed by atoms with Crippen molar-refractivity contribution in [2.24, 2.45) is 0 Å². The summed E-state index contributed by atoms with van der Waals surface area (Å²) >= 11 is 3.12. The number of benzene rings is 2. The Balaban J connectivity index is 1.39. The second kappa shape index (κ2) is 8.04. The molecule has 0 saturated carbocycles. The fraction of sp³-hybridized carbons (Fsp3) is 0.227. The van der Waals surface area contributed by atoms with E-state index in [-0.39, 0.29) is 5.97 Å². The first-order valence-electron chi connectivity index (χ1n) is 9.87. The topological polar surface area (TPSA) is 67.3 Å². The number of thiazole rings is 2. The molecule has 1 aliphatic rings. The number of carbonyl (C=O) groups is 1. The molecule has 0 unspecified atom stereocenters. The lowest BCUT2D eigenvalue weighted by atomic mass is 10.0. The number of nitrogens with zero attached hydrogens (tertiary/aromatic N) is 3. The number of anilines is 4. The molecule has 0 fully saturated rings. The van der Waals surface area contributed by atoms with E-state index in [1.165, 1.54) is 21.6 Å². The number of ether oxygens (including phenoxy) is 1. The lowest BCUT2D eigenvalue weighted by molar-refractivity contribution is 0.0520. The molecule has 1 N–H and O–H groups in total.